The monoisotopic (exact) mass is 700 g/mol. The second-order valence-electron chi connectivity index (χ2n) is 15.0. The van der Waals surface area contributed by atoms with Gasteiger partial charge in [-0.1, -0.05) is 78.3 Å². The van der Waals surface area contributed by atoms with Crippen molar-refractivity contribution in [3.8, 4) is 0 Å². The average Bonchev–Trinajstić information content (AvgIpc) is 3.54. The quantitative estimate of drug-likeness (QED) is 0.116. The fourth-order valence-electron chi connectivity index (χ4n) is 5.52. The van der Waals surface area contributed by atoms with E-state index < -0.39 is 59.8 Å². The van der Waals surface area contributed by atoms with Crippen molar-refractivity contribution in [1.29, 1.82) is 0 Å². The van der Waals surface area contributed by atoms with E-state index in [2.05, 4.69) is 31.2 Å². The number of amides is 4. The molecule has 0 saturated carbocycles. The van der Waals surface area contributed by atoms with Gasteiger partial charge in [0.1, 0.15) is 23.8 Å². The highest BCUT2D eigenvalue weighted by Gasteiger charge is 2.39. The topological polar surface area (TPSA) is 195 Å². The first kappa shape index (κ1) is 42.2. The highest BCUT2D eigenvalue weighted by molar-refractivity contribution is 5.91. The van der Waals surface area contributed by atoms with Crippen molar-refractivity contribution in [2.24, 2.45) is 23.7 Å². The summed E-state index contributed by atoms with van der Waals surface area (Å²) < 4.78 is 5.41. The first-order valence-corrected chi connectivity index (χ1v) is 17.7. The molecule has 2 aromatic rings. The van der Waals surface area contributed by atoms with Gasteiger partial charge >= 0.3 is 6.09 Å². The lowest BCUT2D eigenvalue weighted by Crippen LogP contribution is -2.59. The number of carbonyl (C=O) groups is 4. The van der Waals surface area contributed by atoms with Gasteiger partial charge < -0.3 is 41.2 Å². The Morgan fingerprint density at radius 1 is 0.860 bits per heavy atom. The Bertz CT molecular complexity index is 1330. The molecule has 1 heterocycles. The van der Waals surface area contributed by atoms with Gasteiger partial charge in [-0.2, -0.15) is 0 Å². The highest BCUT2D eigenvalue weighted by Crippen LogP contribution is 2.23. The number of hydrogen-bond donors (Lipinski definition) is 7. The summed E-state index contributed by atoms with van der Waals surface area (Å²) in [5.41, 5.74) is 0.533. The predicted molar refractivity (Wildman–Crippen MR) is 192 cm³/mol. The van der Waals surface area contributed by atoms with Crippen LogP contribution in [0.5, 0.6) is 0 Å². The standard InChI is InChI=1S/C37H60N6O7/c1-10-24(6)19-39-35(48)30(23(4)5)32(45)31(44)27(16-22(2)3)41-34(47)29(18-26-20-38-21-40-26)42-33(46)28(17-25-14-12-11-13-15-25)43-36(49)50-37(7,8)9/h11-15,20-24,27-32,44-45H,10,16-19H2,1-9H3,(H,38,40)(H,39,48)(H,41,47)(H,42,46)(H,43,49)/t24-,27-,28-,29-,30-,31?,32?/m0/s1. The molecule has 7 N–H and O–H groups in total. The molecule has 1 aromatic carbocycles. The summed E-state index contributed by atoms with van der Waals surface area (Å²) in [6.45, 7) is 17.0. The van der Waals surface area contributed by atoms with E-state index >= 15 is 0 Å². The van der Waals surface area contributed by atoms with E-state index in [1.807, 2.05) is 58.0 Å². The minimum atomic E-state index is -1.49. The maximum Gasteiger partial charge on any atom is 0.408 e. The van der Waals surface area contributed by atoms with Crippen LogP contribution in [0, 0.1) is 23.7 Å². The number of imidazole rings is 1. The average molecular weight is 701 g/mol. The molecule has 0 radical (unpaired) electrons. The molecule has 1 aromatic heterocycles. The van der Waals surface area contributed by atoms with Crippen LogP contribution in [-0.4, -0.2) is 86.5 Å². The molecule has 0 spiro atoms. The van der Waals surface area contributed by atoms with Crippen LogP contribution in [0.25, 0.3) is 0 Å². The largest absolute Gasteiger partial charge is 0.444 e. The highest BCUT2D eigenvalue weighted by atomic mass is 16.6. The summed E-state index contributed by atoms with van der Waals surface area (Å²) in [6, 6.07) is 5.91. The first-order valence-electron chi connectivity index (χ1n) is 17.7. The Hall–Kier alpha value is -3.97. The zero-order chi connectivity index (χ0) is 37.6. The van der Waals surface area contributed by atoms with Crippen molar-refractivity contribution in [3.63, 3.8) is 0 Å². The molecule has 13 nitrogen and oxygen atoms in total. The molecule has 0 aliphatic carbocycles. The number of hydrogen-bond acceptors (Lipinski definition) is 8. The molecular formula is C37H60N6O7. The number of rotatable bonds is 19. The molecule has 13 heteroatoms. The maximum absolute atomic E-state index is 14.0. The van der Waals surface area contributed by atoms with Crippen LogP contribution in [0.1, 0.15) is 86.4 Å². The van der Waals surface area contributed by atoms with Gasteiger partial charge in [0.25, 0.3) is 0 Å². The van der Waals surface area contributed by atoms with E-state index in [1.165, 1.54) is 12.5 Å². The number of nitrogens with zero attached hydrogens (tertiary/aromatic N) is 1. The zero-order valence-corrected chi connectivity index (χ0v) is 31.2. The molecule has 0 fully saturated rings. The van der Waals surface area contributed by atoms with Gasteiger partial charge in [-0.15, -0.1) is 0 Å². The molecule has 0 saturated heterocycles. The van der Waals surface area contributed by atoms with Crippen LogP contribution >= 0.6 is 0 Å². The Labute approximate surface area is 297 Å². The van der Waals surface area contributed by atoms with Crippen LogP contribution in [0.2, 0.25) is 0 Å². The smallest absolute Gasteiger partial charge is 0.408 e. The van der Waals surface area contributed by atoms with Crippen LogP contribution < -0.4 is 21.3 Å². The summed E-state index contributed by atoms with van der Waals surface area (Å²) in [4.78, 5) is 60.8. The van der Waals surface area contributed by atoms with Crippen LogP contribution in [0.15, 0.2) is 42.9 Å². The van der Waals surface area contributed by atoms with Gasteiger partial charge in [0.2, 0.25) is 17.7 Å². The molecule has 2 unspecified atom stereocenters. The molecule has 4 amide bonds. The molecule has 7 atom stereocenters. The summed E-state index contributed by atoms with van der Waals surface area (Å²) in [5, 5.41) is 34.1. The second-order valence-corrected chi connectivity index (χ2v) is 15.0. The van der Waals surface area contributed by atoms with Crippen LogP contribution in [0.4, 0.5) is 4.79 Å². The van der Waals surface area contributed by atoms with E-state index in [0.29, 0.717) is 12.2 Å². The Balaban J connectivity index is 2.36. The number of H-pyrrole nitrogens is 1. The summed E-state index contributed by atoms with van der Waals surface area (Å²) >= 11 is 0. The lowest BCUT2D eigenvalue weighted by atomic mass is 9.83. The maximum atomic E-state index is 14.0. The molecule has 0 aliphatic rings. The number of aliphatic hydroxyl groups excluding tert-OH is 2. The number of nitrogens with one attached hydrogen (secondary N) is 5. The minimum absolute atomic E-state index is 0.00666. The van der Waals surface area contributed by atoms with Gasteiger partial charge in [0.05, 0.1) is 24.4 Å². The number of aliphatic hydroxyl groups is 2. The summed E-state index contributed by atoms with van der Waals surface area (Å²) in [7, 11) is 0. The van der Waals surface area contributed by atoms with Crippen molar-refractivity contribution in [2.75, 3.05) is 6.54 Å². The summed E-state index contributed by atoms with van der Waals surface area (Å²) in [5.74, 6) is -2.62. The van der Waals surface area contributed by atoms with E-state index in [0.717, 1.165) is 12.0 Å². The zero-order valence-electron chi connectivity index (χ0n) is 31.2. The van der Waals surface area contributed by atoms with Crippen molar-refractivity contribution in [2.45, 2.75) is 124 Å². The van der Waals surface area contributed by atoms with Gasteiger partial charge in [-0.05, 0) is 50.5 Å². The first-order chi connectivity index (χ1) is 23.4. The number of ether oxygens (including phenoxy) is 1. The Kier molecular flexibility index (Phi) is 16.9. The number of benzene rings is 1. The van der Waals surface area contributed by atoms with Crippen LogP contribution in [0.3, 0.4) is 0 Å². The van der Waals surface area contributed by atoms with Gasteiger partial charge in [0.15, 0.2) is 0 Å². The fourth-order valence-corrected chi connectivity index (χ4v) is 5.52. The normalized spacial score (nSPS) is 16.0. The second kappa shape index (κ2) is 20.0. The van der Waals surface area contributed by atoms with Crippen molar-refractivity contribution < 1.29 is 34.1 Å². The van der Waals surface area contributed by atoms with Gasteiger partial charge in [-0.3, -0.25) is 14.4 Å². The van der Waals surface area contributed by atoms with E-state index in [4.69, 9.17) is 4.74 Å². The van der Waals surface area contributed by atoms with Gasteiger partial charge in [-0.25, -0.2) is 9.78 Å². The third-order valence-corrected chi connectivity index (χ3v) is 8.43. The third kappa shape index (κ3) is 14.5. The molecule has 50 heavy (non-hydrogen) atoms. The van der Waals surface area contributed by atoms with Crippen molar-refractivity contribution >= 4 is 23.8 Å². The predicted octanol–water partition coefficient (Wildman–Crippen LogP) is 3.26. The van der Waals surface area contributed by atoms with Gasteiger partial charge in [0, 0.05) is 31.3 Å². The number of carbonyl (C=O) groups excluding carboxylic acids is 4. The van der Waals surface area contributed by atoms with E-state index in [1.54, 1.807) is 34.6 Å². The molecule has 0 bridgehead atoms. The number of aromatic amines is 1. The molecule has 0 aliphatic heterocycles. The molecule has 2 rings (SSSR count). The van der Waals surface area contributed by atoms with Crippen molar-refractivity contribution in [1.82, 2.24) is 31.2 Å². The third-order valence-electron chi connectivity index (χ3n) is 8.43. The SMILES string of the molecule is CC[C@H](C)CNC(=O)[C@@H](C(C)C)C(O)C(O)[C@H](CC(C)C)NC(=O)[C@H](Cc1cnc[nH]1)NC(=O)[C@H](Cc1ccccc1)NC(=O)OC(C)(C)C. The van der Waals surface area contributed by atoms with Crippen LogP contribution in [-0.2, 0) is 32.0 Å². The van der Waals surface area contributed by atoms with E-state index in [9.17, 15) is 29.4 Å². The minimum Gasteiger partial charge on any atom is -0.444 e. The lowest BCUT2D eigenvalue weighted by Gasteiger charge is -2.35. The molecular weight excluding hydrogens is 640 g/mol. The molecule has 280 valence electrons. The Morgan fingerprint density at radius 3 is 2.02 bits per heavy atom. The number of aromatic nitrogens is 2. The Morgan fingerprint density at radius 2 is 1.48 bits per heavy atom. The van der Waals surface area contributed by atoms with E-state index in [-0.39, 0.29) is 42.9 Å². The van der Waals surface area contributed by atoms with Crippen molar-refractivity contribution in [3.05, 3.63) is 54.1 Å². The number of alkyl carbamates (subject to hydrolysis) is 1. The summed E-state index contributed by atoms with van der Waals surface area (Å²) in [6.07, 6.45) is 0.520. The lowest BCUT2D eigenvalue weighted by molar-refractivity contribution is -0.137. The fraction of sp³-hybridized carbons (Fsp3) is 0.649.